The molecule has 0 amide bonds. The molecule has 0 saturated heterocycles. The first-order chi connectivity index (χ1) is 5.06. The van der Waals surface area contributed by atoms with Crippen LogP contribution < -0.4 is 0 Å². The van der Waals surface area contributed by atoms with Crippen LogP contribution in [0.3, 0.4) is 0 Å². The Morgan fingerprint density at radius 3 is 1.64 bits per heavy atom. The smallest absolute Gasteiger partial charge is 0.174 e. The van der Waals surface area contributed by atoms with E-state index in [2.05, 4.69) is 0 Å². The predicted molar refractivity (Wildman–Crippen MR) is 47.3 cm³/mol. The summed E-state index contributed by atoms with van der Waals surface area (Å²) in [5.41, 5.74) is -0.844. The van der Waals surface area contributed by atoms with E-state index in [1.54, 1.807) is 13.8 Å². The third kappa shape index (κ3) is 7.16. The largest absolute Gasteiger partial charge is 0.333 e. The Morgan fingerprint density at radius 2 is 1.45 bits per heavy atom. The highest BCUT2D eigenvalue weighted by Gasteiger charge is 2.13. The van der Waals surface area contributed by atoms with Crippen molar-refractivity contribution < 1.29 is 9.47 Å². The lowest BCUT2D eigenvalue weighted by Crippen LogP contribution is -2.24. The Balaban J connectivity index is 3.58. The van der Waals surface area contributed by atoms with Crippen molar-refractivity contribution >= 4 is 34.8 Å². The fourth-order valence-corrected chi connectivity index (χ4v) is 0.898. The molecule has 0 aliphatic carbocycles. The second-order valence-electron chi connectivity index (χ2n) is 1.94. The molecule has 0 spiro atoms. The quantitative estimate of drug-likeness (QED) is 0.525. The summed E-state index contributed by atoms with van der Waals surface area (Å²) in [5, 5.41) is 0. The standard InChI is InChI=1S/C6H11Cl3O2/c1-4(8)10-6(3-7)11-5(2)9/h4-6H,3H2,1-2H3. The summed E-state index contributed by atoms with van der Waals surface area (Å²) in [6, 6.07) is 0. The van der Waals surface area contributed by atoms with Crippen molar-refractivity contribution in [3.8, 4) is 0 Å². The molecule has 5 heteroatoms. The average molecular weight is 222 g/mol. The van der Waals surface area contributed by atoms with Gasteiger partial charge in [-0.3, -0.25) is 0 Å². The van der Waals surface area contributed by atoms with Crippen molar-refractivity contribution in [3.63, 3.8) is 0 Å². The van der Waals surface area contributed by atoms with Gasteiger partial charge in [-0.1, -0.05) is 23.2 Å². The molecule has 0 rings (SSSR count). The van der Waals surface area contributed by atoms with Gasteiger partial charge < -0.3 is 9.47 Å². The van der Waals surface area contributed by atoms with Crippen LogP contribution in [0.1, 0.15) is 13.8 Å². The molecule has 0 bridgehead atoms. The first-order valence-corrected chi connectivity index (χ1v) is 4.62. The molecule has 68 valence electrons. The molecular weight excluding hydrogens is 210 g/mol. The number of alkyl halides is 3. The van der Waals surface area contributed by atoms with Crippen LogP contribution >= 0.6 is 34.8 Å². The lowest BCUT2D eigenvalue weighted by molar-refractivity contribution is -0.141. The average Bonchev–Trinajstić information content (AvgIpc) is 1.84. The van der Waals surface area contributed by atoms with Gasteiger partial charge in [-0.25, -0.2) is 0 Å². The van der Waals surface area contributed by atoms with Gasteiger partial charge >= 0.3 is 0 Å². The van der Waals surface area contributed by atoms with Gasteiger partial charge in [0.1, 0.15) is 11.1 Å². The zero-order chi connectivity index (χ0) is 8.85. The van der Waals surface area contributed by atoms with Gasteiger partial charge in [0.25, 0.3) is 0 Å². The molecule has 2 atom stereocenters. The summed E-state index contributed by atoms with van der Waals surface area (Å²) in [4.78, 5) is 0. The molecule has 0 saturated carbocycles. The second-order valence-corrected chi connectivity index (χ2v) is 3.48. The maximum atomic E-state index is 5.53. The fraction of sp³-hybridized carbons (Fsp3) is 1.00. The molecule has 0 radical (unpaired) electrons. The lowest BCUT2D eigenvalue weighted by atomic mass is 10.7. The lowest BCUT2D eigenvalue weighted by Gasteiger charge is -2.18. The second kappa shape index (κ2) is 6.32. The summed E-state index contributed by atoms with van der Waals surface area (Å²) in [6.45, 7) is 3.37. The van der Waals surface area contributed by atoms with Crippen molar-refractivity contribution in [2.24, 2.45) is 0 Å². The monoisotopic (exact) mass is 220 g/mol. The first-order valence-electron chi connectivity index (χ1n) is 3.21. The summed E-state index contributed by atoms with van der Waals surface area (Å²) in [5.74, 6) is 0.216. The Kier molecular flexibility index (Phi) is 6.78. The van der Waals surface area contributed by atoms with Crippen LogP contribution in [0.15, 0.2) is 0 Å². The van der Waals surface area contributed by atoms with E-state index in [1.807, 2.05) is 0 Å². The summed E-state index contributed by atoms with van der Waals surface area (Å²) in [6.07, 6.45) is -0.531. The van der Waals surface area contributed by atoms with Crippen molar-refractivity contribution in [2.45, 2.75) is 31.3 Å². The van der Waals surface area contributed by atoms with Gasteiger partial charge in [0.2, 0.25) is 0 Å². The van der Waals surface area contributed by atoms with Crippen LogP contribution in [0.4, 0.5) is 0 Å². The topological polar surface area (TPSA) is 18.5 Å². The number of ether oxygens (including phenoxy) is 2. The fourth-order valence-electron chi connectivity index (χ4n) is 0.523. The molecule has 0 aliphatic heterocycles. The van der Waals surface area contributed by atoms with Crippen molar-refractivity contribution in [2.75, 3.05) is 5.88 Å². The van der Waals surface area contributed by atoms with Crippen LogP contribution in [0.25, 0.3) is 0 Å². The molecule has 0 aromatic rings. The van der Waals surface area contributed by atoms with E-state index >= 15 is 0 Å². The Morgan fingerprint density at radius 1 is 1.09 bits per heavy atom. The summed E-state index contributed by atoms with van der Waals surface area (Å²) in [7, 11) is 0. The van der Waals surface area contributed by atoms with Crippen LogP contribution in [0, 0.1) is 0 Å². The molecule has 0 fully saturated rings. The zero-order valence-electron chi connectivity index (χ0n) is 6.39. The number of hydrogen-bond donors (Lipinski definition) is 0. The molecule has 0 aromatic carbocycles. The minimum absolute atomic E-state index is 0.216. The molecule has 11 heavy (non-hydrogen) atoms. The van der Waals surface area contributed by atoms with Gasteiger partial charge in [0.15, 0.2) is 6.29 Å². The Labute approximate surface area is 81.7 Å². The first kappa shape index (κ1) is 11.8. The summed E-state index contributed by atoms with van der Waals surface area (Å²) >= 11 is 16.5. The van der Waals surface area contributed by atoms with E-state index in [4.69, 9.17) is 44.3 Å². The van der Waals surface area contributed by atoms with Gasteiger partial charge in [-0.2, -0.15) is 0 Å². The highest BCUT2D eigenvalue weighted by molar-refractivity contribution is 6.20. The number of rotatable bonds is 5. The van der Waals surface area contributed by atoms with Crippen LogP contribution in [-0.2, 0) is 9.47 Å². The maximum absolute atomic E-state index is 5.53. The van der Waals surface area contributed by atoms with Gasteiger partial charge in [0.05, 0.1) is 5.88 Å². The van der Waals surface area contributed by atoms with E-state index < -0.39 is 17.4 Å². The van der Waals surface area contributed by atoms with Crippen molar-refractivity contribution in [3.05, 3.63) is 0 Å². The highest BCUT2D eigenvalue weighted by atomic mass is 35.5. The molecule has 2 nitrogen and oxygen atoms in total. The zero-order valence-corrected chi connectivity index (χ0v) is 8.66. The molecule has 0 aliphatic rings. The minimum Gasteiger partial charge on any atom is -0.333 e. The normalized spacial score (nSPS) is 19.4. The number of halogens is 3. The molecule has 2 unspecified atom stereocenters. The molecular formula is C6H11Cl3O2. The van der Waals surface area contributed by atoms with E-state index in [-0.39, 0.29) is 5.88 Å². The van der Waals surface area contributed by atoms with E-state index in [0.717, 1.165) is 0 Å². The third-order valence-corrected chi connectivity index (χ3v) is 1.26. The Bertz CT molecular complexity index is 87.8. The molecule has 0 aromatic heterocycles. The van der Waals surface area contributed by atoms with E-state index in [0.29, 0.717) is 0 Å². The molecule has 0 heterocycles. The van der Waals surface area contributed by atoms with Crippen LogP contribution in [0.2, 0.25) is 0 Å². The summed E-state index contributed by atoms with van der Waals surface area (Å²) < 4.78 is 10.1. The van der Waals surface area contributed by atoms with Gasteiger partial charge in [-0.05, 0) is 13.8 Å². The SMILES string of the molecule is CC(Cl)OC(CCl)OC(C)Cl. The van der Waals surface area contributed by atoms with Crippen molar-refractivity contribution in [1.82, 2.24) is 0 Å². The Hall–Kier alpha value is 0.790. The predicted octanol–water partition coefficient (Wildman–Crippen LogP) is 2.75. The highest BCUT2D eigenvalue weighted by Crippen LogP contribution is 2.09. The van der Waals surface area contributed by atoms with Gasteiger partial charge in [0, 0.05) is 0 Å². The van der Waals surface area contributed by atoms with Gasteiger partial charge in [-0.15, -0.1) is 11.6 Å². The van der Waals surface area contributed by atoms with Crippen LogP contribution in [-0.4, -0.2) is 23.3 Å². The molecule has 0 N–H and O–H groups in total. The van der Waals surface area contributed by atoms with E-state index in [1.165, 1.54) is 0 Å². The van der Waals surface area contributed by atoms with E-state index in [9.17, 15) is 0 Å². The van der Waals surface area contributed by atoms with Crippen LogP contribution in [0.5, 0.6) is 0 Å². The third-order valence-electron chi connectivity index (χ3n) is 0.805. The number of hydrogen-bond acceptors (Lipinski definition) is 2. The maximum Gasteiger partial charge on any atom is 0.174 e. The minimum atomic E-state index is -0.531. The van der Waals surface area contributed by atoms with Crippen molar-refractivity contribution in [1.29, 1.82) is 0 Å².